The van der Waals surface area contributed by atoms with Gasteiger partial charge in [-0.15, -0.1) is 0 Å². The molecule has 1 aromatic carbocycles. The summed E-state index contributed by atoms with van der Waals surface area (Å²) in [6, 6.07) is 6.59. The molecule has 0 amide bonds. The molecule has 0 aliphatic heterocycles. The van der Waals surface area contributed by atoms with Gasteiger partial charge in [0.15, 0.2) is 0 Å². The monoisotopic (exact) mass is 354 g/mol. The third kappa shape index (κ3) is 7.09. The highest BCUT2D eigenvalue weighted by Gasteiger charge is 2.23. The lowest BCUT2D eigenvalue weighted by Crippen LogP contribution is -2.19. The lowest BCUT2D eigenvalue weighted by Gasteiger charge is -2.28. The molecule has 24 heavy (non-hydrogen) atoms. The van der Waals surface area contributed by atoms with Crippen molar-refractivity contribution in [3.63, 3.8) is 0 Å². The Labute approximate surface area is 150 Å². The van der Waals surface area contributed by atoms with E-state index in [2.05, 4.69) is 66.7 Å². The van der Waals surface area contributed by atoms with Crippen molar-refractivity contribution in [2.24, 2.45) is 0 Å². The normalized spacial score (nSPS) is 14.3. The number of methoxy groups -OCH3 is 1. The van der Waals surface area contributed by atoms with E-state index in [1.807, 2.05) is 0 Å². The number of benzene rings is 1. The minimum Gasteiger partial charge on any atom is -0.484 e. The Balaban J connectivity index is 2.80. The fourth-order valence-corrected chi connectivity index (χ4v) is 3.02. The van der Waals surface area contributed by atoms with E-state index in [-0.39, 0.29) is 16.7 Å². The van der Waals surface area contributed by atoms with Crippen LogP contribution in [0.3, 0.4) is 0 Å². The van der Waals surface area contributed by atoms with Gasteiger partial charge in [-0.1, -0.05) is 53.7 Å². The van der Waals surface area contributed by atoms with Gasteiger partial charge in [-0.05, 0) is 41.4 Å². The highest BCUT2D eigenvalue weighted by atomic mass is 31.1. The summed E-state index contributed by atoms with van der Waals surface area (Å²) in [4.78, 5) is 0. The Bertz CT molecular complexity index is 501. The van der Waals surface area contributed by atoms with Gasteiger partial charge < -0.3 is 14.0 Å². The lowest BCUT2D eigenvalue weighted by atomic mass is 9.80. The molecule has 0 fully saturated rings. The van der Waals surface area contributed by atoms with E-state index >= 15 is 0 Å². The van der Waals surface area contributed by atoms with Crippen LogP contribution in [0.2, 0.25) is 0 Å². The molecule has 0 spiro atoms. The van der Waals surface area contributed by atoms with Crippen molar-refractivity contribution >= 4 is 8.81 Å². The first kappa shape index (κ1) is 21.4. The third-order valence-corrected chi connectivity index (χ3v) is 4.62. The smallest absolute Gasteiger partial charge is 0.136 e. The van der Waals surface area contributed by atoms with Crippen LogP contribution in [0.15, 0.2) is 18.2 Å². The van der Waals surface area contributed by atoms with Crippen LogP contribution in [0.4, 0.5) is 0 Å². The van der Waals surface area contributed by atoms with Gasteiger partial charge in [-0.3, -0.25) is 0 Å². The number of hydrogen-bond donors (Lipinski definition) is 0. The Morgan fingerprint density at radius 1 is 1.00 bits per heavy atom. The first-order valence-corrected chi connectivity index (χ1v) is 9.72. The van der Waals surface area contributed by atoms with Crippen molar-refractivity contribution in [3.8, 4) is 5.75 Å². The second kappa shape index (κ2) is 9.17. The maximum absolute atomic E-state index is 6.20. The zero-order valence-electron chi connectivity index (χ0n) is 16.7. The van der Waals surface area contributed by atoms with E-state index in [1.165, 1.54) is 11.1 Å². The summed E-state index contributed by atoms with van der Waals surface area (Å²) in [7, 11) is 2.04. The second-order valence-electron chi connectivity index (χ2n) is 8.28. The van der Waals surface area contributed by atoms with Crippen molar-refractivity contribution in [1.82, 2.24) is 0 Å². The lowest BCUT2D eigenvalue weighted by molar-refractivity contribution is 0.174. The van der Waals surface area contributed by atoms with Crippen LogP contribution in [0, 0.1) is 0 Å². The molecule has 4 heteroatoms. The largest absolute Gasteiger partial charge is 0.484 e. The predicted octanol–water partition coefficient (Wildman–Crippen LogP) is 5.65. The molecule has 1 aromatic rings. The first-order valence-electron chi connectivity index (χ1n) is 8.73. The molecule has 138 valence electrons. The predicted molar refractivity (Wildman–Crippen MR) is 105 cm³/mol. The Hall–Kier alpha value is -0.630. The van der Waals surface area contributed by atoms with Crippen molar-refractivity contribution in [1.29, 1.82) is 0 Å². The van der Waals surface area contributed by atoms with Crippen LogP contribution in [0.25, 0.3) is 0 Å². The summed E-state index contributed by atoms with van der Waals surface area (Å²) in [5.74, 6) is 1.02. The highest BCUT2D eigenvalue weighted by molar-refractivity contribution is 7.32. The Morgan fingerprint density at radius 3 is 2.21 bits per heavy atom. The standard InChI is InChI=1S/C20H35O3P/c1-15(24-22-13-9-12-21-8)23-18-11-10-16(19(2,3)4)14-17(18)20(5,6)7/h10-11,14-15,24H,9,12-13H2,1-8H3. The maximum Gasteiger partial charge on any atom is 0.136 e. The van der Waals surface area contributed by atoms with Gasteiger partial charge >= 0.3 is 0 Å². The van der Waals surface area contributed by atoms with E-state index in [0.717, 1.165) is 25.4 Å². The highest BCUT2D eigenvalue weighted by Crippen LogP contribution is 2.37. The molecular weight excluding hydrogens is 319 g/mol. The average molecular weight is 354 g/mol. The van der Waals surface area contributed by atoms with E-state index in [9.17, 15) is 0 Å². The van der Waals surface area contributed by atoms with Gasteiger partial charge in [0.2, 0.25) is 0 Å². The molecule has 2 atom stereocenters. The van der Waals surface area contributed by atoms with Crippen molar-refractivity contribution in [2.75, 3.05) is 20.3 Å². The quantitative estimate of drug-likeness (QED) is 0.446. The summed E-state index contributed by atoms with van der Waals surface area (Å²) in [6.45, 7) is 16.9. The van der Waals surface area contributed by atoms with Crippen LogP contribution in [0.1, 0.15) is 66.0 Å². The first-order chi connectivity index (χ1) is 11.1. The molecule has 0 saturated heterocycles. The molecule has 0 N–H and O–H groups in total. The Morgan fingerprint density at radius 2 is 1.67 bits per heavy atom. The van der Waals surface area contributed by atoms with Crippen LogP contribution >= 0.6 is 8.81 Å². The zero-order chi connectivity index (χ0) is 18.4. The van der Waals surface area contributed by atoms with Gasteiger partial charge in [0.25, 0.3) is 0 Å². The number of hydrogen-bond acceptors (Lipinski definition) is 3. The van der Waals surface area contributed by atoms with E-state index < -0.39 is 0 Å². The average Bonchev–Trinajstić information content (AvgIpc) is 2.45. The van der Waals surface area contributed by atoms with Gasteiger partial charge in [0.1, 0.15) is 11.6 Å². The minimum absolute atomic E-state index is 0.0404. The number of rotatable bonds is 8. The third-order valence-electron chi connectivity index (χ3n) is 3.80. The molecule has 0 aromatic heterocycles. The van der Waals surface area contributed by atoms with Gasteiger partial charge in [-0.2, -0.15) is 0 Å². The molecule has 1 rings (SSSR count). The zero-order valence-corrected chi connectivity index (χ0v) is 17.7. The molecule has 0 bridgehead atoms. The van der Waals surface area contributed by atoms with Gasteiger partial charge in [0, 0.05) is 13.7 Å². The van der Waals surface area contributed by atoms with Gasteiger partial charge in [0.05, 0.1) is 15.4 Å². The molecule has 0 aliphatic rings. The van der Waals surface area contributed by atoms with Crippen LogP contribution < -0.4 is 4.74 Å². The van der Waals surface area contributed by atoms with E-state index in [1.54, 1.807) is 7.11 Å². The summed E-state index contributed by atoms with van der Waals surface area (Å²) in [5.41, 5.74) is 2.77. The van der Waals surface area contributed by atoms with Crippen LogP contribution in [-0.2, 0) is 20.1 Å². The van der Waals surface area contributed by atoms with Crippen LogP contribution in [0.5, 0.6) is 5.75 Å². The van der Waals surface area contributed by atoms with Crippen molar-refractivity contribution in [3.05, 3.63) is 29.3 Å². The van der Waals surface area contributed by atoms with Gasteiger partial charge in [-0.25, -0.2) is 0 Å². The molecule has 0 saturated carbocycles. The number of ether oxygens (including phenoxy) is 2. The minimum atomic E-state index is 0.0404. The molecule has 2 unspecified atom stereocenters. The molecule has 3 nitrogen and oxygen atoms in total. The summed E-state index contributed by atoms with van der Waals surface area (Å²) in [6.07, 6.45) is 0.920. The summed E-state index contributed by atoms with van der Waals surface area (Å²) in [5, 5.41) is 0. The van der Waals surface area contributed by atoms with E-state index in [4.69, 9.17) is 14.0 Å². The van der Waals surface area contributed by atoms with E-state index in [0.29, 0.717) is 8.81 Å². The summed E-state index contributed by atoms with van der Waals surface area (Å²) >= 11 is 0. The summed E-state index contributed by atoms with van der Waals surface area (Å²) < 4.78 is 16.9. The SMILES string of the molecule is COCCCOPC(C)Oc1ccc(C(C)(C)C)cc1C(C)(C)C. The maximum atomic E-state index is 6.20. The molecule has 0 heterocycles. The Kier molecular flexibility index (Phi) is 8.19. The fourth-order valence-electron chi connectivity index (χ4n) is 2.35. The molecule has 0 radical (unpaired) electrons. The van der Waals surface area contributed by atoms with Crippen LogP contribution in [-0.4, -0.2) is 26.2 Å². The second-order valence-corrected chi connectivity index (χ2v) is 9.62. The molecular formula is C20H35O3P. The van der Waals surface area contributed by atoms with Crippen molar-refractivity contribution in [2.45, 2.75) is 71.6 Å². The topological polar surface area (TPSA) is 27.7 Å². The fraction of sp³-hybridized carbons (Fsp3) is 0.700. The van der Waals surface area contributed by atoms with Crippen molar-refractivity contribution < 1.29 is 14.0 Å². The molecule has 0 aliphatic carbocycles.